The molecule has 1 fully saturated rings. The van der Waals surface area contributed by atoms with Crippen molar-refractivity contribution in [1.29, 1.82) is 0 Å². The Morgan fingerprint density at radius 1 is 1.11 bits per heavy atom. The number of nitrogens with one attached hydrogen (secondary N) is 2. The Morgan fingerprint density at radius 2 is 1.72 bits per heavy atom. The quantitative estimate of drug-likeness (QED) is 0.840. The van der Waals surface area contributed by atoms with E-state index in [2.05, 4.69) is 43.3 Å². The van der Waals surface area contributed by atoms with Gasteiger partial charge in [-0.1, -0.05) is 13.8 Å². The summed E-state index contributed by atoms with van der Waals surface area (Å²) in [5.41, 5.74) is 1.11. The summed E-state index contributed by atoms with van der Waals surface area (Å²) in [6.07, 6.45) is 2.46. The highest BCUT2D eigenvalue weighted by atomic mass is 15.1. The molecule has 18 heavy (non-hydrogen) atoms. The summed E-state index contributed by atoms with van der Waals surface area (Å²) < 4.78 is 0. The second-order valence-corrected chi connectivity index (χ2v) is 5.61. The van der Waals surface area contributed by atoms with E-state index in [4.69, 9.17) is 4.98 Å². The van der Waals surface area contributed by atoms with Gasteiger partial charge in [0.2, 0.25) is 0 Å². The molecule has 4 nitrogen and oxygen atoms in total. The van der Waals surface area contributed by atoms with Crippen LogP contribution in [0.15, 0.2) is 0 Å². The first-order chi connectivity index (χ1) is 8.52. The molecule has 2 N–H and O–H groups in total. The van der Waals surface area contributed by atoms with Crippen LogP contribution in [0.1, 0.15) is 50.9 Å². The Morgan fingerprint density at radius 3 is 2.22 bits per heavy atom. The Labute approximate surface area is 110 Å². The normalized spacial score (nSPS) is 16.8. The van der Waals surface area contributed by atoms with E-state index in [1.807, 2.05) is 7.05 Å². The van der Waals surface area contributed by atoms with Gasteiger partial charge in [0.05, 0.1) is 0 Å². The van der Waals surface area contributed by atoms with Crippen molar-refractivity contribution in [2.75, 3.05) is 17.7 Å². The van der Waals surface area contributed by atoms with Crippen LogP contribution in [0, 0.1) is 12.8 Å². The maximum absolute atomic E-state index is 4.70. The molecule has 0 bridgehead atoms. The molecular formula is C14H24N4. The number of hydrogen-bond acceptors (Lipinski definition) is 4. The number of nitrogens with zero attached hydrogens (tertiary/aromatic N) is 2. The third-order valence-corrected chi connectivity index (χ3v) is 3.71. The molecule has 0 radical (unpaired) electrons. The molecule has 1 aromatic rings. The van der Waals surface area contributed by atoms with E-state index in [-0.39, 0.29) is 0 Å². The van der Waals surface area contributed by atoms with Crippen LogP contribution < -0.4 is 10.6 Å². The van der Waals surface area contributed by atoms with Crippen molar-refractivity contribution < 1.29 is 0 Å². The predicted octanol–water partition coefficient (Wildman–Crippen LogP) is 3.16. The lowest BCUT2D eigenvalue weighted by Crippen LogP contribution is -2.23. The van der Waals surface area contributed by atoms with E-state index in [1.54, 1.807) is 0 Å². The summed E-state index contributed by atoms with van der Waals surface area (Å²) >= 11 is 0. The summed E-state index contributed by atoms with van der Waals surface area (Å²) in [6, 6.07) is 0.412. The van der Waals surface area contributed by atoms with Gasteiger partial charge in [-0.2, -0.15) is 0 Å². The molecule has 1 saturated carbocycles. The van der Waals surface area contributed by atoms with E-state index in [0.29, 0.717) is 17.9 Å². The van der Waals surface area contributed by atoms with Crippen molar-refractivity contribution in [2.45, 2.75) is 52.5 Å². The Hall–Kier alpha value is -1.32. The highest BCUT2D eigenvalue weighted by Crippen LogP contribution is 2.39. The molecule has 100 valence electrons. The molecule has 1 aliphatic carbocycles. The van der Waals surface area contributed by atoms with Crippen LogP contribution in [0.4, 0.5) is 11.6 Å². The standard InChI is InChI=1S/C14H24N4/c1-8(2)10(4)16-13-9(3)12(15-5)17-14(18-13)11-6-7-11/h8,10-11H,6-7H2,1-5H3,(H2,15,16,17,18). The molecule has 2 rings (SSSR count). The predicted molar refractivity (Wildman–Crippen MR) is 76.2 cm³/mol. The highest BCUT2D eigenvalue weighted by Gasteiger charge is 2.28. The average Bonchev–Trinajstić information content (AvgIpc) is 3.15. The monoisotopic (exact) mass is 248 g/mol. The zero-order valence-corrected chi connectivity index (χ0v) is 12.0. The number of hydrogen-bond donors (Lipinski definition) is 2. The van der Waals surface area contributed by atoms with Crippen LogP contribution >= 0.6 is 0 Å². The van der Waals surface area contributed by atoms with Crippen LogP contribution in [0.5, 0.6) is 0 Å². The molecule has 0 aromatic carbocycles. The second kappa shape index (κ2) is 5.12. The highest BCUT2D eigenvalue weighted by molar-refractivity contribution is 5.57. The van der Waals surface area contributed by atoms with E-state index in [9.17, 15) is 0 Å². The summed E-state index contributed by atoms with van der Waals surface area (Å²) in [5, 5.41) is 6.69. The molecule has 0 saturated heterocycles. The van der Waals surface area contributed by atoms with Gasteiger partial charge in [0.15, 0.2) is 0 Å². The first-order valence-corrected chi connectivity index (χ1v) is 6.85. The Balaban J connectivity index is 2.29. The van der Waals surface area contributed by atoms with E-state index in [1.165, 1.54) is 12.8 Å². The number of anilines is 2. The van der Waals surface area contributed by atoms with Crippen molar-refractivity contribution in [3.05, 3.63) is 11.4 Å². The van der Waals surface area contributed by atoms with Gasteiger partial charge >= 0.3 is 0 Å². The molecule has 1 aromatic heterocycles. The first kappa shape index (κ1) is 13.1. The van der Waals surface area contributed by atoms with Gasteiger partial charge in [-0.05, 0) is 32.6 Å². The summed E-state index contributed by atoms with van der Waals surface area (Å²) in [4.78, 5) is 9.31. The van der Waals surface area contributed by atoms with Gasteiger partial charge in [-0.3, -0.25) is 0 Å². The fourth-order valence-corrected chi connectivity index (χ4v) is 1.82. The summed E-state index contributed by atoms with van der Waals surface area (Å²) in [5.74, 6) is 4.08. The van der Waals surface area contributed by atoms with Crippen LogP contribution in [-0.2, 0) is 0 Å². The van der Waals surface area contributed by atoms with Gasteiger partial charge < -0.3 is 10.6 Å². The minimum Gasteiger partial charge on any atom is -0.373 e. The molecule has 1 heterocycles. The SMILES string of the molecule is CNc1nc(C2CC2)nc(NC(C)C(C)C)c1C. The largest absolute Gasteiger partial charge is 0.373 e. The topological polar surface area (TPSA) is 49.8 Å². The van der Waals surface area contributed by atoms with E-state index in [0.717, 1.165) is 23.0 Å². The van der Waals surface area contributed by atoms with Crippen molar-refractivity contribution in [1.82, 2.24) is 9.97 Å². The average molecular weight is 248 g/mol. The minimum absolute atomic E-state index is 0.412. The van der Waals surface area contributed by atoms with Gasteiger partial charge in [0.25, 0.3) is 0 Å². The molecule has 0 aliphatic heterocycles. The van der Waals surface area contributed by atoms with Crippen LogP contribution in [0.3, 0.4) is 0 Å². The van der Waals surface area contributed by atoms with Crippen molar-refractivity contribution in [2.24, 2.45) is 5.92 Å². The smallest absolute Gasteiger partial charge is 0.136 e. The number of rotatable bonds is 5. The molecule has 1 aliphatic rings. The molecular weight excluding hydrogens is 224 g/mol. The lowest BCUT2D eigenvalue weighted by molar-refractivity contribution is 0.557. The van der Waals surface area contributed by atoms with Crippen molar-refractivity contribution in [3.63, 3.8) is 0 Å². The Kier molecular flexibility index (Phi) is 3.73. The van der Waals surface area contributed by atoms with Gasteiger partial charge in [-0.25, -0.2) is 9.97 Å². The zero-order chi connectivity index (χ0) is 13.3. The van der Waals surface area contributed by atoms with Gasteiger partial charge in [-0.15, -0.1) is 0 Å². The molecule has 0 spiro atoms. The third kappa shape index (κ3) is 2.74. The summed E-state index contributed by atoms with van der Waals surface area (Å²) in [6.45, 7) is 8.70. The first-order valence-electron chi connectivity index (χ1n) is 6.85. The maximum atomic E-state index is 4.70. The molecule has 4 heteroatoms. The van der Waals surface area contributed by atoms with Crippen LogP contribution in [0.2, 0.25) is 0 Å². The Bertz CT molecular complexity index is 424. The fraction of sp³-hybridized carbons (Fsp3) is 0.714. The number of aromatic nitrogens is 2. The van der Waals surface area contributed by atoms with E-state index < -0.39 is 0 Å². The molecule has 1 atom stereocenters. The second-order valence-electron chi connectivity index (χ2n) is 5.61. The van der Waals surface area contributed by atoms with Gasteiger partial charge in [0, 0.05) is 24.6 Å². The summed E-state index contributed by atoms with van der Waals surface area (Å²) in [7, 11) is 1.92. The van der Waals surface area contributed by atoms with E-state index >= 15 is 0 Å². The maximum Gasteiger partial charge on any atom is 0.136 e. The lowest BCUT2D eigenvalue weighted by atomic mass is 10.1. The lowest BCUT2D eigenvalue weighted by Gasteiger charge is -2.21. The fourth-order valence-electron chi connectivity index (χ4n) is 1.82. The molecule has 1 unspecified atom stereocenters. The zero-order valence-electron chi connectivity index (χ0n) is 12.0. The minimum atomic E-state index is 0.412. The molecule has 0 amide bonds. The van der Waals surface area contributed by atoms with Crippen LogP contribution in [0.25, 0.3) is 0 Å². The van der Waals surface area contributed by atoms with Gasteiger partial charge in [0.1, 0.15) is 17.5 Å². The van der Waals surface area contributed by atoms with Crippen molar-refractivity contribution >= 4 is 11.6 Å². The van der Waals surface area contributed by atoms with Crippen molar-refractivity contribution in [3.8, 4) is 0 Å². The third-order valence-electron chi connectivity index (χ3n) is 3.71. The van der Waals surface area contributed by atoms with Crippen LogP contribution in [-0.4, -0.2) is 23.1 Å².